The van der Waals surface area contributed by atoms with E-state index in [-0.39, 0.29) is 23.5 Å². The summed E-state index contributed by atoms with van der Waals surface area (Å²) in [5.41, 5.74) is 2.81. The highest BCUT2D eigenvalue weighted by Crippen LogP contribution is 2.32. The number of nitrogens with zero attached hydrogens (tertiary/aromatic N) is 5. The molecule has 2 saturated carbocycles. The molecule has 6 rings (SSSR count). The first-order chi connectivity index (χ1) is 23.4. The van der Waals surface area contributed by atoms with Crippen molar-refractivity contribution in [2.75, 3.05) is 66.8 Å². The van der Waals surface area contributed by atoms with Crippen LogP contribution in [0.5, 0.6) is 0 Å². The molecule has 2 aliphatic heterocycles. The molecule has 11 heteroatoms. The second kappa shape index (κ2) is 16.7. The molecule has 0 unspecified atom stereocenters. The van der Waals surface area contributed by atoms with E-state index < -0.39 is 6.29 Å². The topological polar surface area (TPSA) is 98.6 Å². The van der Waals surface area contributed by atoms with Gasteiger partial charge in [-0.25, -0.2) is 0 Å². The van der Waals surface area contributed by atoms with Crippen LogP contribution < -0.4 is 0 Å². The first kappa shape index (κ1) is 35.0. The van der Waals surface area contributed by atoms with E-state index in [0.29, 0.717) is 51.6 Å². The van der Waals surface area contributed by atoms with Gasteiger partial charge in [0.25, 0.3) is 5.91 Å². The first-order valence-corrected chi connectivity index (χ1v) is 18.1. The molecule has 2 amide bonds. The molecule has 0 N–H and O–H groups in total. The Hall–Kier alpha value is -2.83. The Morgan fingerprint density at radius 3 is 2.54 bits per heavy atom. The summed E-state index contributed by atoms with van der Waals surface area (Å²) < 4.78 is 25.0. The molecule has 1 aromatic carbocycles. The Morgan fingerprint density at radius 1 is 1.02 bits per heavy atom. The van der Waals surface area contributed by atoms with Gasteiger partial charge in [0.1, 0.15) is 5.69 Å². The average Bonchev–Trinajstić information content (AvgIpc) is 3.52. The van der Waals surface area contributed by atoms with Crippen molar-refractivity contribution in [3.8, 4) is 0 Å². The number of aromatic nitrogens is 2. The van der Waals surface area contributed by atoms with Gasteiger partial charge in [-0.1, -0.05) is 37.1 Å². The summed E-state index contributed by atoms with van der Waals surface area (Å²) in [6.45, 7) is 6.97. The molecule has 1 spiro atoms. The Labute approximate surface area is 285 Å². The van der Waals surface area contributed by atoms with Crippen LogP contribution in [-0.4, -0.2) is 121 Å². The third-order valence-electron chi connectivity index (χ3n) is 10.7. The van der Waals surface area contributed by atoms with Crippen molar-refractivity contribution >= 4 is 11.8 Å². The molecular weight excluding hydrogens is 610 g/mol. The molecule has 1 aromatic heterocycles. The van der Waals surface area contributed by atoms with Gasteiger partial charge in [0.2, 0.25) is 5.91 Å². The van der Waals surface area contributed by atoms with Crippen LogP contribution in [0.15, 0.2) is 36.5 Å². The molecular formula is C37H55N5O6. The number of morpholine rings is 1. The SMILES string of the molecule is COC(CN(C(=O)CCOCCc1cccc(CN2CCC3(CC2)CN(C(=O)c2ccn(CC4CC4)n2)CCO3)c1)C1CCCC1)OC. The van der Waals surface area contributed by atoms with Crippen molar-refractivity contribution in [3.63, 3.8) is 0 Å². The normalized spacial score (nSPS) is 20.2. The van der Waals surface area contributed by atoms with E-state index in [1.807, 2.05) is 26.7 Å². The summed E-state index contributed by atoms with van der Waals surface area (Å²) in [5.74, 6) is 0.861. The number of rotatable bonds is 16. The molecule has 4 fully saturated rings. The van der Waals surface area contributed by atoms with E-state index in [0.717, 1.165) is 77.0 Å². The summed E-state index contributed by atoms with van der Waals surface area (Å²) >= 11 is 0. The molecule has 264 valence electrons. The van der Waals surface area contributed by atoms with Gasteiger partial charge in [-0.3, -0.25) is 19.2 Å². The zero-order valence-electron chi connectivity index (χ0n) is 29.0. The molecule has 2 saturated heterocycles. The van der Waals surface area contributed by atoms with Crippen molar-refractivity contribution < 1.29 is 28.5 Å². The van der Waals surface area contributed by atoms with Crippen molar-refractivity contribution in [1.29, 1.82) is 0 Å². The number of hydrogen-bond donors (Lipinski definition) is 0. The summed E-state index contributed by atoms with van der Waals surface area (Å²) in [6.07, 6.45) is 11.5. The van der Waals surface area contributed by atoms with Crippen LogP contribution in [0.3, 0.4) is 0 Å². The number of methoxy groups -OCH3 is 2. The number of likely N-dealkylation sites (tertiary alicyclic amines) is 1. The number of amides is 2. The number of piperidine rings is 1. The number of hydrogen-bond acceptors (Lipinski definition) is 8. The molecule has 0 atom stereocenters. The number of carbonyl (C=O) groups excluding carboxylic acids is 2. The lowest BCUT2D eigenvalue weighted by atomic mass is 9.89. The zero-order valence-corrected chi connectivity index (χ0v) is 29.0. The van der Waals surface area contributed by atoms with Gasteiger partial charge in [-0.15, -0.1) is 0 Å². The van der Waals surface area contributed by atoms with Gasteiger partial charge in [-0.05, 0) is 68.1 Å². The van der Waals surface area contributed by atoms with Crippen molar-refractivity contribution in [2.24, 2.45) is 5.92 Å². The average molecular weight is 666 g/mol. The largest absolute Gasteiger partial charge is 0.381 e. The lowest BCUT2D eigenvalue weighted by molar-refractivity contribution is -0.150. The van der Waals surface area contributed by atoms with Crippen LogP contribution in [0.4, 0.5) is 0 Å². The number of ether oxygens (including phenoxy) is 4. The number of carbonyl (C=O) groups is 2. The maximum atomic E-state index is 13.3. The maximum absolute atomic E-state index is 13.3. The van der Waals surface area contributed by atoms with Crippen LogP contribution in [0.25, 0.3) is 0 Å². The molecule has 4 aliphatic rings. The zero-order chi connectivity index (χ0) is 33.3. The van der Waals surface area contributed by atoms with E-state index in [1.165, 1.54) is 24.0 Å². The van der Waals surface area contributed by atoms with Gasteiger partial charge >= 0.3 is 0 Å². The van der Waals surface area contributed by atoms with Gasteiger partial charge in [-0.2, -0.15) is 5.10 Å². The fourth-order valence-electron chi connectivity index (χ4n) is 7.56. The van der Waals surface area contributed by atoms with Crippen LogP contribution in [0.1, 0.15) is 79.4 Å². The standard InChI is InChI=1S/C37H55N5O6/c1-45-35(46-2)27-42(32-8-3-4-9-32)34(43)14-22-47-21-13-29-6-5-7-31(24-29)25-39-18-15-37(16-19-39)28-40(20-23-48-37)36(44)33-12-17-41(38-33)26-30-10-11-30/h5-7,12,17,24,30,32,35H,3-4,8-11,13-16,18-23,25-28H2,1-2H3. The summed E-state index contributed by atoms with van der Waals surface area (Å²) in [6, 6.07) is 10.9. The lowest BCUT2D eigenvalue weighted by Gasteiger charge is -2.47. The predicted octanol–water partition coefficient (Wildman–Crippen LogP) is 4.14. The molecule has 0 bridgehead atoms. The van der Waals surface area contributed by atoms with Crippen LogP contribution in [-0.2, 0) is 43.3 Å². The van der Waals surface area contributed by atoms with Crippen LogP contribution >= 0.6 is 0 Å². The molecule has 3 heterocycles. The Balaban J connectivity index is 0.912. The van der Waals surface area contributed by atoms with Crippen molar-refractivity contribution in [1.82, 2.24) is 24.5 Å². The molecule has 11 nitrogen and oxygen atoms in total. The van der Waals surface area contributed by atoms with Crippen LogP contribution in [0, 0.1) is 5.92 Å². The van der Waals surface area contributed by atoms with Gasteiger partial charge in [0, 0.05) is 59.2 Å². The van der Waals surface area contributed by atoms with Crippen LogP contribution in [0.2, 0.25) is 0 Å². The predicted molar refractivity (Wildman–Crippen MR) is 181 cm³/mol. The number of benzene rings is 1. The Bertz CT molecular complexity index is 1330. The minimum atomic E-state index is -0.409. The summed E-state index contributed by atoms with van der Waals surface area (Å²) in [4.78, 5) is 32.8. The van der Waals surface area contributed by atoms with Gasteiger partial charge in [0.05, 0.1) is 44.9 Å². The van der Waals surface area contributed by atoms with E-state index in [1.54, 1.807) is 14.2 Å². The van der Waals surface area contributed by atoms with Gasteiger partial charge in [0.15, 0.2) is 6.29 Å². The van der Waals surface area contributed by atoms with Gasteiger partial charge < -0.3 is 28.7 Å². The van der Waals surface area contributed by atoms with Crippen molar-refractivity contribution in [2.45, 2.75) is 95.2 Å². The van der Waals surface area contributed by atoms with E-state index >= 15 is 0 Å². The highest BCUT2D eigenvalue weighted by Gasteiger charge is 2.41. The third-order valence-corrected chi connectivity index (χ3v) is 10.7. The molecule has 0 radical (unpaired) electrons. The Morgan fingerprint density at radius 2 is 1.79 bits per heavy atom. The molecule has 2 aliphatic carbocycles. The van der Waals surface area contributed by atoms with E-state index in [2.05, 4.69) is 34.3 Å². The molecule has 48 heavy (non-hydrogen) atoms. The Kier molecular flexibility index (Phi) is 12.2. The lowest BCUT2D eigenvalue weighted by Crippen LogP contribution is -2.58. The monoisotopic (exact) mass is 665 g/mol. The third kappa shape index (κ3) is 9.44. The fraction of sp³-hybridized carbons (Fsp3) is 0.703. The summed E-state index contributed by atoms with van der Waals surface area (Å²) in [7, 11) is 3.23. The maximum Gasteiger partial charge on any atom is 0.274 e. The highest BCUT2D eigenvalue weighted by atomic mass is 16.7. The fourth-order valence-corrected chi connectivity index (χ4v) is 7.56. The minimum absolute atomic E-state index is 0.0235. The van der Waals surface area contributed by atoms with E-state index in [4.69, 9.17) is 18.9 Å². The first-order valence-electron chi connectivity index (χ1n) is 18.1. The second-order valence-corrected chi connectivity index (χ2v) is 14.2. The van der Waals surface area contributed by atoms with Crippen molar-refractivity contribution in [3.05, 3.63) is 53.3 Å². The minimum Gasteiger partial charge on any atom is -0.381 e. The second-order valence-electron chi connectivity index (χ2n) is 14.2. The highest BCUT2D eigenvalue weighted by molar-refractivity contribution is 5.92. The molecule has 2 aromatic rings. The smallest absolute Gasteiger partial charge is 0.274 e. The summed E-state index contributed by atoms with van der Waals surface area (Å²) in [5, 5.41) is 4.58. The quantitative estimate of drug-likeness (QED) is 0.195. The van der Waals surface area contributed by atoms with E-state index in [9.17, 15) is 9.59 Å².